The van der Waals surface area contributed by atoms with Crippen molar-refractivity contribution in [3.63, 3.8) is 0 Å². The predicted octanol–water partition coefficient (Wildman–Crippen LogP) is 7.86. The minimum Gasteiger partial charge on any atom is -0.369 e. The van der Waals surface area contributed by atoms with E-state index in [9.17, 15) is 36.3 Å². The highest BCUT2D eigenvalue weighted by Gasteiger charge is 2.67. The number of hydrogen-bond donors (Lipinski definition) is 3. The fourth-order valence-electron chi connectivity index (χ4n) is 4.39. The first-order chi connectivity index (χ1) is 21.3. The summed E-state index contributed by atoms with van der Waals surface area (Å²) >= 11 is 18.6. The van der Waals surface area contributed by atoms with E-state index in [-0.39, 0.29) is 28.4 Å². The summed E-state index contributed by atoms with van der Waals surface area (Å²) in [6, 6.07) is 5.76. The van der Waals surface area contributed by atoms with Crippen LogP contribution >= 0.6 is 34.8 Å². The molecule has 1 unspecified atom stereocenters. The van der Waals surface area contributed by atoms with Crippen molar-refractivity contribution in [3.05, 3.63) is 99.6 Å². The number of anilines is 1. The summed E-state index contributed by atoms with van der Waals surface area (Å²) in [5.74, 6) is -9.37. The van der Waals surface area contributed by atoms with Gasteiger partial charge in [0.1, 0.15) is 27.8 Å². The molecule has 7 nitrogen and oxygen atoms in total. The molecule has 0 aromatic heterocycles. The molecule has 0 radical (unpaired) electrons. The molecule has 46 heavy (non-hydrogen) atoms. The summed E-state index contributed by atoms with van der Waals surface area (Å²) in [6.07, 6.45) is -4.99. The molecule has 1 saturated carbocycles. The Hall–Kier alpha value is -3.52. The fourth-order valence-corrected chi connectivity index (χ4v) is 5.42. The largest absolute Gasteiger partial charge is 0.419 e. The Morgan fingerprint density at radius 1 is 1.11 bits per heavy atom. The van der Waals surface area contributed by atoms with Gasteiger partial charge in [-0.05, 0) is 56.7 Å². The number of carbonyl (C=O) groups is 3. The summed E-state index contributed by atoms with van der Waals surface area (Å²) < 4.78 is 86.1. The molecule has 2 aromatic carbocycles. The molecule has 248 valence electrons. The minimum atomic E-state index is -5.00. The van der Waals surface area contributed by atoms with Crippen LogP contribution in [0.25, 0.3) is 0 Å². The fraction of sp³-hybridized carbons (Fsp3) is 0.300. The van der Waals surface area contributed by atoms with Crippen molar-refractivity contribution >= 4 is 58.2 Å². The average Bonchev–Trinajstić information content (AvgIpc) is 3.56. The van der Waals surface area contributed by atoms with Crippen LogP contribution < -0.4 is 16.0 Å². The van der Waals surface area contributed by atoms with Gasteiger partial charge >= 0.3 is 6.18 Å². The van der Waals surface area contributed by atoms with Crippen molar-refractivity contribution in [2.75, 3.05) is 11.9 Å². The molecule has 0 spiro atoms. The standard InChI is InChI=1S/C30H26Cl3F6N3O4/c1-5-21(24(36)25(13(3)34)42-26(43)14(4)46-6-2)41-27(44)17-12-16(8-9-19(17)31)40-28(45)23-22(29(23,32)33)15-7-10-20(35)18(11-15)30(37,38)39/h5,7-12,14,22-23H,3,6H2,1-2,4H3,(H,40,45)(H,41,44)(H,42,43)/b21-5+,25-24-/t14?,22-,23+/m0/s1. The van der Waals surface area contributed by atoms with Crippen LogP contribution in [0.5, 0.6) is 0 Å². The lowest BCUT2D eigenvalue weighted by molar-refractivity contribution is -0.140. The van der Waals surface area contributed by atoms with Crippen molar-refractivity contribution in [3.8, 4) is 0 Å². The normalized spacial score (nSPS) is 18.7. The van der Waals surface area contributed by atoms with Crippen LogP contribution in [0, 0.1) is 11.7 Å². The molecular weight excluding hydrogens is 687 g/mol. The Kier molecular flexibility index (Phi) is 11.6. The van der Waals surface area contributed by atoms with Gasteiger partial charge in [0.25, 0.3) is 11.8 Å². The van der Waals surface area contributed by atoms with Gasteiger partial charge < -0.3 is 20.7 Å². The summed E-state index contributed by atoms with van der Waals surface area (Å²) in [4.78, 5) is 38.4. The lowest BCUT2D eigenvalue weighted by Gasteiger charge is -2.16. The lowest BCUT2D eigenvalue weighted by atomic mass is 10.0. The summed E-state index contributed by atoms with van der Waals surface area (Å²) in [5, 5.41) is 6.52. The van der Waals surface area contributed by atoms with E-state index in [0.717, 1.165) is 18.2 Å². The van der Waals surface area contributed by atoms with Gasteiger partial charge in [0, 0.05) is 18.2 Å². The molecule has 0 bridgehead atoms. The van der Waals surface area contributed by atoms with Gasteiger partial charge in [0.15, 0.2) is 5.83 Å². The van der Waals surface area contributed by atoms with Gasteiger partial charge in [0.2, 0.25) is 5.91 Å². The maximum atomic E-state index is 15.3. The summed E-state index contributed by atoms with van der Waals surface area (Å²) in [6.45, 7) is 7.45. The highest BCUT2D eigenvalue weighted by atomic mass is 35.5. The number of rotatable bonds is 11. The quantitative estimate of drug-likeness (QED) is 0.126. The number of ether oxygens (including phenoxy) is 1. The van der Waals surface area contributed by atoms with Crippen LogP contribution in [0.15, 0.2) is 72.1 Å². The summed E-state index contributed by atoms with van der Waals surface area (Å²) in [7, 11) is 0. The third kappa shape index (κ3) is 8.24. The number of halogens is 9. The Balaban J connectivity index is 1.81. The van der Waals surface area contributed by atoms with E-state index in [1.807, 2.05) is 5.32 Å². The number of carbonyl (C=O) groups excluding carboxylic acids is 3. The Morgan fingerprint density at radius 3 is 2.33 bits per heavy atom. The Bertz CT molecular complexity index is 1630. The molecule has 3 rings (SSSR count). The van der Waals surface area contributed by atoms with Gasteiger partial charge in [0.05, 0.1) is 27.8 Å². The second-order valence-electron chi connectivity index (χ2n) is 9.89. The van der Waals surface area contributed by atoms with Crippen molar-refractivity contribution < 1.29 is 45.5 Å². The van der Waals surface area contributed by atoms with Gasteiger partial charge in [-0.25, -0.2) is 13.2 Å². The van der Waals surface area contributed by atoms with Crippen LogP contribution in [-0.4, -0.2) is 34.8 Å². The van der Waals surface area contributed by atoms with Crippen LogP contribution in [0.4, 0.5) is 32.0 Å². The Labute approximate surface area is 274 Å². The molecule has 0 aliphatic heterocycles. The summed E-state index contributed by atoms with van der Waals surface area (Å²) in [5.41, 5.74) is -3.51. The zero-order valence-corrected chi connectivity index (χ0v) is 26.5. The number of alkyl halides is 5. The van der Waals surface area contributed by atoms with E-state index < -0.39 is 80.6 Å². The van der Waals surface area contributed by atoms with E-state index in [0.29, 0.717) is 12.1 Å². The molecular formula is C30H26Cl3F6N3O4. The molecule has 16 heteroatoms. The molecule has 0 saturated heterocycles. The van der Waals surface area contributed by atoms with Gasteiger partial charge in [-0.3, -0.25) is 14.4 Å². The third-order valence-corrected chi connectivity index (χ3v) is 8.04. The van der Waals surface area contributed by atoms with E-state index in [1.165, 1.54) is 26.0 Å². The van der Waals surface area contributed by atoms with Crippen LogP contribution in [0.2, 0.25) is 5.02 Å². The zero-order valence-electron chi connectivity index (χ0n) is 24.2. The average molecular weight is 713 g/mol. The van der Waals surface area contributed by atoms with Crippen molar-refractivity contribution in [1.82, 2.24) is 10.6 Å². The molecule has 0 heterocycles. The first-order valence-electron chi connectivity index (χ1n) is 13.3. The highest BCUT2D eigenvalue weighted by Crippen LogP contribution is 2.65. The van der Waals surface area contributed by atoms with E-state index in [4.69, 9.17) is 39.5 Å². The molecule has 1 fully saturated rings. The van der Waals surface area contributed by atoms with Crippen molar-refractivity contribution in [2.24, 2.45) is 5.92 Å². The van der Waals surface area contributed by atoms with Crippen LogP contribution in [-0.2, 0) is 20.5 Å². The smallest absolute Gasteiger partial charge is 0.369 e. The second kappa shape index (κ2) is 14.5. The number of hydrogen-bond acceptors (Lipinski definition) is 4. The highest BCUT2D eigenvalue weighted by molar-refractivity contribution is 6.53. The number of nitrogens with one attached hydrogen (secondary N) is 3. The zero-order chi connectivity index (χ0) is 34.7. The maximum absolute atomic E-state index is 15.3. The predicted molar refractivity (Wildman–Crippen MR) is 161 cm³/mol. The molecule has 3 atom stereocenters. The van der Waals surface area contributed by atoms with Crippen LogP contribution in [0.3, 0.4) is 0 Å². The second-order valence-corrected chi connectivity index (χ2v) is 11.7. The SMILES string of the molecule is C=C(F)/C(NC(=O)C(C)OCC)=C(F)\C(=C/C)NC(=O)c1cc(NC(=O)[C@H]2[C@H](c3ccc(F)c(C(F)(F)F)c3)C2(Cl)Cl)ccc1Cl. The van der Waals surface area contributed by atoms with E-state index in [1.54, 1.807) is 6.92 Å². The lowest BCUT2D eigenvalue weighted by Crippen LogP contribution is -2.35. The molecule has 2 aromatic rings. The molecule has 3 amide bonds. The van der Waals surface area contributed by atoms with Gasteiger partial charge in [-0.2, -0.15) is 13.2 Å². The van der Waals surface area contributed by atoms with Crippen molar-refractivity contribution in [2.45, 2.75) is 43.3 Å². The molecule has 3 N–H and O–H groups in total. The first kappa shape index (κ1) is 36.9. The Morgan fingerprint density at radius 2 is 1.76 bits per heavy atom. The maximum Gasteiger partial charge on any atom is 0.419 e. The molecule has 1 aliphatic carbocycles. The monoisotopic (exact) mass is 711 g/mol. The number of allylic oxidation sites excluding steroid dienone is 3. The first-order valence-corrected chi connectivity index (χ1v) is 14.5. The van der Waals surface area contributed by atoms with Gasteiger partial charge in [-0.1, -0.05) is 30.3 Å². The van der Waals surface area contributed by atoms with Crippen LogP contribution in [0.1, 0.15) is 48.2 Å². The van der Waals surface area contributed by atoms with E-state index >= 15 is 4.39 Å². The topological polar surface area (TPSA) is 96.5 Å². The van der Waals surface area contributed by atoms with Gasteiger partial charge in [-0.15, -0.1) is 23.2 Å². The van der Waals surface area contributed by atoms with Crippen molar-refractivity contribution in [1.29, 1.82) is 0 Å². The third-order valence-electron chi connectivity index (χ3n) is 6.77. The van der Waals surface area contributed by atoms with E-state index in [2.05, 4.69) is 17.2 Å². The molecule has 1 aliphatic rings. The number of amides is 3. The number of benzene rings is 2. The minimum absolute atomic E-state index is 0.0301.